The molecule has 0 radical (unpaired) electrons. The summed E-state index contributed by atoms with van der Waals surface area (Å²) in [5, 5.41) is 39.9. The number of thioether (sulfide) groups is 1. The van der Waals surface area contributed by atoms with Crippen molar-refractivity contribution >= 4 is 11.8 Å². The number of rotatable bonds is 7. The van der Waals surface area contributed by atoms with Crippen molar-refractivity contribution in [3.63, 3.8) is 0 Å². The molecule has 0 aromatic carbocycles. The zero-order valence-corrected chi connectivity index (χ0v) is 16.3. The van der Waals surface area contributed by atoms with Crippen LogP contribution >= 0.6 is 11.8 Å². The fourth-order valence-corrected chi connectivity index (χ4v) is 5.99. The van der Waals surface area contributed by atoms with Crippen molar-refractivity contribution in [1.29, 1.82) is 0 Å². The van der Waals surface area contributed by atoms with Crippen LogP contribution in [0.5, 0.6) is 0 Å². The SMILES string of the molecule is CCC(C)(CCSC1OC2(O)C(CO)C(O)C(O)C12)CC(C)(C)C. The average molecular weight is 363 g/mol. The molecule has 2 rings (SSSR count). The molecular formula is C18H34O5S. The number of hydrogen-bond donors (Lipinski definition) is 4. The van der Waals surface area contributed by atoms with Gasteiger partial charge < -0.3 is 25.2 Å². The van der Waals surface area contributed by atoms with Crippen molar-refractivity contribution in [3.8, 4) is 0 Å². The van der Waals surface area contributed by atoms with E-state index >= 15 is 0 Å². The van der Waals surface area contributed by atoms with Crippen molar-refractivity contribution in [2.24, 2.45) is 22.7 Å². The molecule has 0 amide bonds. The second-order valence-corrected chi connectivity index (χ2v) is 10.3. The number of ether oxygens (including phenoxy) is 1. The van der Waals surface area contributed by atoms with E-state index in [1.165, 1.54) is 0 Å². The molecule has 0 aromatic rings. The highest BCUT2D eigenvalue weighted by atomic mass is 32.2. The Kier molecular flexibility index (Phi) is 6.01. The first-order chi connectivity index (χ1) is 11.0. The van der Waals surface area contributed by atoms with E-state index < -0.39 is 36.4 Å². The Labute approximate surface area is 149 Å². The van der Waals surface area contributed by atoms with Crippen molar-refractivity contribution in [1.82, 2.24) is 0 Å². The average Bonchev–Trinajstić information content (AvgIpc) is 2.58. The van der Waals surface area contributed by atoms with Crippen LogP contribution < -0.4 is 0 Å². The standard InChI is InChI=1S/C18H34O5S/c1-6-17(5,10-16(2,3)4)7-8-24-15-12-14(21)13(20)11(9-19)18(12,22)23-15/h11-15,19-22H,6-10H2,1-5H3. The third-order valence-electron chi connectivity index (χ3n) is 5.73. The van der Waals surface area contributed by atoms with Crippen molar-refractivity contribution in [3.05, 3.63) is 0 Å². The van der Waals surface area contributed by atoms with Gasteiger partial charge in [-0.2, -0.15) is 0 Å². The van der Waals surface area contributed by atoms with Crippen LogP contribution in [0.1, 0.15) is 53.9 Å². The molecule has 7 unspecified atom stereocenters. The summed E-state index contributed by atoms with van der Waals surface area (Å²) in [6.07, 6.45) is 1.10. The Morgan fingerprint density at radius 2 is 1.75 bits per heavy atom. The van der Waals surface area contributed by atoms with Crippen LogP contribution in [0.25, 0.3) is 0 Å². The van der Waals surface area contributed by atoms with E-state index in [1.807, 2.05) is 0 Å². The smallest absolute Gasteiger partial charge is 0.183 e. The maximum atomic E-state index is 10.5. The highest BCUT2D eigenvalue weighted by Gasteiger charge is 2.70. The third kappa shape index (κ3) is 3.79. The summed E-state index contributed by atoms with van der Waals surface area (Å²) in [4.78, 5) is 0. The minimum absolute atomic E-state index is 0.257. The van der Waals surface area contributed by atoms with Gasteiger partial charge in [-0.15, -0.1) is 11.8 Å². The van der Waals surface area contributed by atoms with Gasteiger partial charge in [0.15, 0.2) is 5.79 Å². The van der Waals surface area contributed by atoms with Crippen LogP contribution in [0.15, 0.2) is 0 Å². The largest absolute Gasteiger partial charge is 0.396 e. The van der Waals surface area contributed by atoms with E-state index in [2.05, 4.69) is 34.6 Å². The number of hydrogen-bond acceptors (Lipinski definition) is 6. The normalized spacial score (nSPS) is 41.6. The maximum absolute atomic E-state index is 10.5. The van der Waals surface area contributed by atoms with Gasteiger partial charge in [0, 0.05) is 0 Å². The second kappa shape index (κ2) is 7.05. The Hall–Kier alpha value is 0.150. The van der Waals surface area contributed by atoms with Crippen molar-refractivity contribution in [2.75, 3.05) is 12.4 Å². The zero-order valence-electron chi connectivity index (χ0n) is 15.5. The fourth-order valence-electron chi connectivity index (χ4n) is 4.36. The molecule has 0 bridgehead atoms. The topological polar surface area (TPSA) is 90.2 Å². The summed E-state index contributed by atoms with van der Waals surface area (Å²) < 4.78 is 5.58. The summed E-state index contributed by atoms with van der Waals surface area (Å²) in [6, 6.07) is 0. The van der Waals surface area contributed by atoms with E-state index in [-0.39, 0.29) is 16.3 Å². The monoisotopic (exact) mass is 362 g/mol. The molecule has 1 aliphatic carbocycles. The molecule has 7 atom stereocenters. The molecule has 1 saturated carbocycles. The predicted molar refractivity (Wildman–Crippen MR) is 95.4 cm³/mol. The summed E-state index contributed by atoms with van der Waals surface area (Å²) in [5.41, 5.74) is 0.210. The molecule has 2 aliphatic rings. The molecule has 1 aliphatic heterocycles. The molecule has 5 nitrogen and oxygen atoms in total. The van der Waals surface area contributed by atoms with E-state index in [9.17, 15) is 20.4 Å². The van der Waals surface area contributed by atoms with Crippen LogP contribution in [0, 0.1) is 22.7 Å². The summed E-state index contributed by atoms with van der Waals surface area (Å²) in [6.45, 7) is 10.9. The highest BCUT2D eigenvalue weighted by molar-refractivity contribution is 7.99. The van der Waals surface area contributed by atoms with Gasteiger partial charge in [-0.1, -0.05) is 41.0 Å². The van der Waals surface area contributed by atoms with Gasteiger partial charge in [-0.3, -0.25) is 0 Å². The number of aliphatic hydroxyl groups is 4. The van der Waals surface area contributed by atoms with Gasteiger partial charge in [-0.05, 0) is 29.4 Å². The molecule has 1 saturated heterocycles. The predicted octanol–water partition coefficient (Wildman–Crippen LogP) is 1.97. The lowest BCUT2D eigenvalue weighted by Gasteiger charge is -2.49. The van der Waals surface area contributed by atoms with Crippen LogP contribution in [0.2, 0.25) is 0 Å². The van der Waals surface area contributed by atoms with E-state index in [0.29, 0.717) is 0 Å². The molecule has 2 fully saturated rings. The minimum atomic E-state index is -1.59. The fraction of sp³-hybridized carbons (Fsp3) is 1.00. The lowest BCUT2D eigenvalue weighted by molar-refractivity contribution is -0.355. The molecule has 142 valence electrons. The zero-order chi connectivity index (χ0) is 18.3. The first-order valence-electron chi connectivity index (χ1n) is 8.96. The molecule has 1 heterocycles. The first kappa shape index (κ1) is 20.5. The van der Waals surface area contributed by atoms with Crippen LogP contribution in [-0.2, 0) is 4.74 Å². The molecule has 0 spiro atoms. The molecule has 24 heavy (non-hydrogen) atoms. The lowest BCUT2D eigenvalue weighted by Crippen LogP contribution is -2.61. The molecule has 6 heteroatoms. The minimum Gasteiger partial charge on any atom is -0.396 e. The molecule has 4 N–H and O–H groups in total. The molecular weight excluding hydrogens is 328 g/mol. The van der Waals surface area contributed by atoms with Gasteiger partial charge in [0.05, 0.1) is 30.7 Å². The second-order valence-electron chi connectivity index (χ2n) is 9.06. The first-order valence-corrected chi connectivity index (χ1v) is 10.0. The van der Waals surface area contributed by atoms with Gasteiger partial charge >= 0.3 is 0 Å². The van der Waals surface area contributed by atoms with E-state index in [0.717, 1.165) is 25.0 Å². The maximum Gasteiger partial charge on any atom is 0.183 e. The Morgan fingerprint density at radius 1 is 1.12 bits per heavy atom. The lowest BCUT2D eigenvalue weighted by atomic mass is 9.72. The van der Waals surface area contributed by atoms with Gasteiger partial charge in [0.1, 0.15) is 5.44 Å². The number of fused-ring (bicyclic) bond motifs is 1. The van der Waals surface area contributed by atoms with Crippen molar-refractivity contribution in [2.45, 2.75) is 77.3 Å². The Morgan fingerprint density at radius 3 is 2.25 bits per heavy atom. The summed E-state index contributed by atoms with van der Waals surface area (Å²) in [5.74, 6) is -2.09. The highest BCUT2D eigenvalue weighted by Crippen LogP contribution is 2.56. The van der Waals surface area contributed by atoms with Crippen molar-refractivity contribution < 1.29 is 25.2 Å². The van der Waals surface area contributed by atoms with E-state index in [1.54, 1.807) is 11.8 Å². The van der Waals surface area contributed by atoms with Crippen LogP contribution in [0.4, 0.5) is 0 Å². The Bertz CT molecular complexity index is 440. The third-order valence-corrected chi connectivity index (χ3v) is 6.89. The van der Waals surface area contributed by atoms with Gasteiger partial charge in [0.2, 0.25) is 0 Å². The van der Waals surface area contributed by atoms with E-state index in [4.69, 9.17) is 4.74 Å². The summed E-state index contributed by atoms with van der Waals surface area (Å²) >= 11 is 1.59. The van der Waals surface area contributed by atoms with Crippen LogP contribution in [0.3, 0.4) is 0 Å². The quantitative estimate of drug-likeness (QED) is 0.554. The van der Waals surface area contributed by atoms with Crippen LogP contribution in [-0.4, -0.2) is 56.2 Å². The number of aliphatic hydroxyl groups excluding tert-OH is 3. The Balaban J connectivity index is 1.89. The summed E-state index contributed by atoms with van der Waals surface area (Å²) in [7, 11) is 0. The van der Waals surface area contributed by atoms with Gasteiger partial charge in [-0.25, -0.2) is 0 Å². The van der Waals surface area contributed by atoms with Gasteiger partial charge in [0.25, 0.3) is 0 Å². The molecule has 0 aromatic heterocycles.